The molecule has 0 bridgehead atoms. The number of rotatable bonds is 4. The molecule has 0 aliphatic rings. The van der Waals surface area contributed by atoms with E-state index >= 15 is 0 Å². The monoisotopic (exact) mass is 288 g/mol. The number of nitrogens with zero attached hydrogens (tertiary/aromatic N) is 4. The summed E-state index contributed by atoms with van der Waals surface area (Å²) in [5.74, 6) is 0. The van der Waals surface area contributed by atoms with Gasteiger partial charge < -0.3 is 4.57 Å². The van der Waals surface area contributed by atoms with E-state index in [4.69, 9.17) is 5.26 Å². The van der Waals surface area contributed by atoms with E-state index in [0.29, 0.717) is 5.56 Å². The Morgan fingerprint density at radius 3 is 2.14 bits per heavy atom. The molecule has 0 saturated carbocycles. The number of benzene rings is 2. The lowest BCUT2D eigenvalue weighted by Gasteiger charge is -2.31. The fourth-order valence-corrected chi connectivity index (χ4v) is 2.74. The fraction of sp³-hybridized carbons (Fsp3) is 0.167. The molecule has 4 heteroatoms. The Kier molecular flexibility index (Phi) is 3.71. The van der Waals surface area contributed by atoms with Crippen LogP contribution < -0.4 is 0 Å². The second-order valence-electron chi connectivity index (χ2n) is 5.52. The van der Waals surface area contributed by atoms with E-state index in [0.717, 1.165) is 12.1 Å². The van der Waals surface area contributed by atoms with Gasteiger partial charge in [-0.05, 0) is 30.2 Å². The Bertz CT molecular complexity index is 770. The standard InChI is InChI=1S/C18H16N4/c1-18(12-22-13-20-21-14-22,16-5-3-2-4-6-16)17-9-7-15(11-19)8-10-17/h2-10,13-14H,12H2,1H3. The molecule has 0 saturated heterocycles. The van der Waals surface area contributed by atoms with E-state index in [1.807, 2.05) is 47.0 Å². The Morgan fingerprint density at radius 1 is 0.955 bits per heavy atom. The zero-order valence-corrected chi connectivity index (χ0v) is 12.3. The average Bonchev–Trinajstić information content (AvgIpc) is 3.08. The topological polar surface area (TPSA) is 54.5 Å². The van der Waals surface area contributed by atoms with E-state index in [9.17, 15) is 0 Å². The van der Waals surface area contributed by atoms with Crippen LogP contribution in [0.4, 0.5) is 0 Å². The third kappa shape index (κ3) is 2.61. The maximum Gasteiger partial charge on any atom is 0.119 e. The van der Waals surface area contributed by atoms with Crippen molar-refractivity contribution in [2.75, 3.05) is 0 Å². The smallest absolute Gasteiger partial charge is 0.119 e. The van der Waals surface area contributed by atoms with Crippen molar-refractivity contribution in [1.29, 1.82) is 5.26 Å². The molecule has 3 rings (SSSR count). The highest BCUT2D eigenvalue weighted by molar-refractivity contribution is 5.41. The van der Waals surface area contributed by atoms with Crippen molar-refractivity contribution in [1.82, 2.24) is 14.8 Å². The summed E-state index contributed by atoms with van der Waals surface area (Å²) in [6, 6.07) is 20.3. The summed E-state index contributed by atoms with van der Waals surface area (Å²) in [5.41, 5.74) is 2.82. The van der Waals surface area contributed by atoms with Gasteiger partial charge in [0, 0.05) is 12.0 Å². The highest BCUT2D eigenvalue weighted by atomic mass is 15.2. The van der Waals surface area contributed by atoms with E-state index in [1.54, 1.807) is 12.7 Å². The first-order valence-corrected chi connectivity index (χ1v) is 7.11. The van der Waals surface area contributed by atoms with Crippen molar-refractivity contribution in [2.45, 2.75) is 18.9 Å². The van der Waals surface area contributed by atoms with Crippen LogP contribution in [-0.4, -0.2) is 14.8 Å². The molecule has 108 valence electrons. The van der Waals surface area contributed by atoms with Crippen molar-refractivity contribution < 1.29 is 0 Å². The molecule has 3 aromatic rings. The fourth-order valence-electron chi connectivity index (χ4n) is 2.74. The van der Waals surface area contributed by atoms with Gasteiger partial charge in [-0.2, -0.15) is 5.26 Å². The van der Waals surface area contributed by atoms with Crippen molar-refractivity contribution in [3.8, 4) is 6.07 Å². The molecule has 0 fully saturated rings. The molecule has 0 spiro atoms. The van der Waals surface area contributed by atoms with Gasteiger partial charge in [-0.3, -0.25) is 0 Å². The lowest BCUT2D eigenvalue weighted by atomic mass is 9.76. The van der Waals surface area contributed by atoms with Gasteiger partial charge in [0.15, 0.2) is 0 Å². The maximum absolute atomic E-state index is 8.99. The van der Waals surface area contributed by atoms with Gasteiger partial charge in [-0.1, -0.05) is 42.5 Å². The summed E-state index contributed by atoms with van der Waals surface area (Å²) >= 11 is 0. The quantitative estimate of drug-likeness (QED) is 0.741. The van der Waals surface area contributed by atoms with E-state index in [-0.39, 0.29) is 5.41 Å². The second-order valence-corrected chi connectivity index (χ2v) is 5.52. The summed E-state index contributed by atoms with van der Waals surface area (Å²) in [4.78, 5) is 0. The Balaban J connectivity index is 2.07. The first kappa shape index (κ1) is 14.0. The number of hydrogen-bond acceptors (Lipinski definition) is 3. The van der Waals surface area contributed by atoms with Gasteiger partial charge in [0.2, 0.25) is 0 Å². The number of nitriles is 1. The molecule has 22 heavy (non-hydrogen) atoms. The van der Waals surface area contributed by atoms with Crippen LogP contribution in [0.5, 0.6) is 0 Å². The number of hydrogen-bond donors (Lipinski definition) is 0. The first-order valence-electron chi connectivity index (χ1n) is 7.11. The van der Waals surface area contributed by atoms with E-state index in [2.05, 4.69) is 35.3 Å². The van der Waals surface area contributed by atoms with Gasteiger partial charge in [0.1, 0.15) is 12.7 Å². The lowest BCUT2D eigenvalue weighted by molar-refractivity contribution is 0.468. The van der Waals surface area contributed by atoms with Crippen molar-refractivity contribution in [2.24, 2.45) is 0 Å². The van der Waals surface area contributed by atoms with Crippen LogP contribution in [0.3, 0.4) is 0 Å². The predicted molar refractivity (Wildman–Crippen MR) is 84.1 cm³/mol. The second kappa shape index (κ2) is 5.82. The molecule has 1 heterocycles. The van der Waals surface area contributed by atoms with Gasteiger partial charge in [0.05, 0.1) is 11.6 Å². The van der Waals surface area contributed by atoms with Crippen LogP contribution in [-0.2, 0) is 12.0 Å². The summed E-state index contributed by atoms with van der Waals surface area (Å²) in [7, 11) is 0. The largest absolute Gasteiger partial charge is 0.319 e. The van der Waals surface area contributed by atoms with Crippen molar-refractivity contribution in [3.63, 3.8) is 0 Å². The summed E-state index contributed by atoms with van der Waals surface area (Å²) in [5, 5.41) is 16.8. The molecular formula is C18H16N4. The minimum absolute atomic E-state index is 0.225. The number of aromatic nitrogens is 3. The van der Waals surface area contributed by atoms with Crippen LogP contribution in [0, 0.1) is 11.3 Å². The van der Waals surface area contributed by atoms with Crippen LogP contribution in [0.25, 0.3) is 0 Å². The summed E-state index contributed by atoms with van der Waals surface area (Å²) in [6.07, 6.45) is 3.45. The van der Waals surface area contributed by atoms with Crippen LogP contribution >= 0.6 is 0 Å². The van der Waals surface area contributed by atoms with Crippen LogP contribution in [0.1, 0.15) is 23.6 Å². The molecule has 4 nitrogen and oxygen atoms in total. The third-order valence-electron chi connectivity index (χ3n) is 4.03. The van der Waals surface area contributed by atoms with E-state index in [1.165, 1.54) is 5.56 Å². The molecule has 0 aliphatic carbocycles. The highest BCUT2D eigenvalue weighted by Gasteiger charge is 2.29. The Hall–Kier alpha value is -2.93. The Labute approximate surface area is 129 Å². The highest BCUT2D eigenvalue weighted by Crippen LogP contribution is 2.33. The molecule has 0 amide bonds. The van der Waals surface area contributed by atoms with Crippen LogP contribution in [0.15, 0.2) is 67.3 Å². The molecule has 1 atom stereocenters. The molecule has 2 aromatic carbocycles. The third-order valence-corrected chi connectivity index (χ3v) is 4.03. The molecular weight excluding hydrogens is 272 g/mol. The normalized spacial score (nSPS) is 13.3. The first-order chi connectivity index (χ1) is 10.7. The summed E-state index contributed by atoms with van der Waals surface area (Å²) in [6.45, 7) is 2.93. The minimum atomic E-state index is -0.225. The van der Waals surface area contributed by atoms with Gasteiger partial charge >= 0.3 is 0 Å². The van der Waals surface area contributed by atoms with Gasteiger partial charge in [-0.25, -0.2) is 0 Å². The van der Waals surface area contributed by atoms with Crippen LogP contribution in [0.2, 0.25) is 0 Å². The van der Waals surface area contributed by atoms with E-state index < -0.39 is 0 Å². The zero-order chi connectivity index (χ0) is 15.4. The Morgan fingerprint density at radius 2 is 1.55 bits per heavy atom. The average molecular weight is 288 g/mol. The minimum Gasteiger partial charge on any atom is -0.319 e. The molecule has 0 radical (unpaired) electrons. The summed E-state index contributed by atoms with van der Waals surface area (Å²) < 4.78 is 1.98. The maximum atomic E-state index is 8.99. The van der Waals surface area contributed by atoms with Gasteiger partial charge in [0.25, 0.3) is 0 Å². The van der Waals surface area contributed by atoms with Gasteiger partial charge in [-0.15, -0.1) is 10.2 Å². The lowest BCUT2D eigenvalue weighted by Crippen LogP contribution is -2.29. The zero-order valence-electron chi connectivity index (χ0n) is 12.3. The predicted octanol–water partition coefficient (Wildman–Crippen LogP) is 3.16. The van der Waals surface area contributed by atoms with Crippen molar-refractivity contribution in [3.05, 3.63) is 83.9 Å². The molecule has 1 unspecified atom stereocenters. The molecule has 0 aliphatic heterocycles. The van der Waals surface area contributed by atoms with Crippen molar-refractivity contribution >= 4 is 0 Å². The SMILES string of the molecule is CC(Cn1cnnc1)(c1ccccc1)c1ccc(C#N)cc1. The molecule has 1 aromatic heterocycles. The molecule has 0 N–H and O–H groups in total.